The number of rotatable bonds is 7. The van der Waals surface area contributed by atoms with Crippen LogP contribution in [0.1, 0.15) is 47.1 Å². The molecule has 0 saturated carbocycles. The third kappa shape index (κ3) is 4.26. The lowest BCUT2D eigenvalue weighted by Gasteiger charge is -2.11. The summed E-state index contributed by atoms with van der Waals surface area (Å²) in [6, 6.07) is 17.4. The average molecular weight is 540 g/mol. The van der Waals surface area contributed by atoms with Gasteiger partial charge in [0, 0.05) is 24.7 Å². The zero-order valence-electron chi connectivity index (χ0n) is 21.2. The molecule has 4 aromatic rings. The number of ether oxygens (including phenoxy) is 1. The van der Waals surface area contributed by atoms with E-state index in [1.807, 2.05) is 0 Å². The Kier molecular flexibility index (Phi) is 6.43. The fourth-order valence-corrected chi connectivity index (χ4v) is 4.47. The van der Waals surface area contributed by atoms with Crippen molar-refractivity contribution in [2.24, 2.45) is 7.05 Å². The van der Waals surface area contributed by atoms with E-state index in [9.17, 15) is 34.1 Å². The molecule has 40 heavy (non-hydrogen) atoms. The van der Waals surface area contributed by atoms with Gasteiger partial charge in [-0.25, -0.2) is 14.4 Å². The number of aromatic nitrogens is 2. The number of carbonyl (C=O) groups excluding carboxylic acids is 4. The van der Waals surface area contributed by atoms with Crippen LogP contribution in [0.2, 0.25) is 0 Å². The van der Waals surface area contributed by atoms with E-state index in [0.717, 1.165) is 11.0 Å². The lowest BCUT2D eigenvalue weighted by molar-refractivity contribution is -0.384. The van der Waals surface area contributed by atoms with E-state index in [1.165, 1.54) is 45.8 Å². The maximum atomic E-state index is 13.4. The van der Waals surface area contributed by atoms with E-state index in [1.54, 1.807) is 44.3 Å². The quantitative estimate of drug-likeness (QED) is 0.114. The number of nitrogens with zero attached hydrogens (tertiary/aromatic N) is 4. The number of fused-ring (bicyclic) bond motifs is 1. The molecule has 2 heterocycles. The predicted molar refractivity (Wildman–Crippen MR) is 141 cm³/mol. The van der Waals surface area contributed by atoms with Gasteiger partial charge in [-0.2, -0.15) is 0 Å². The molecular weight excluding hydrogens is 520 g/mol. The molecule has 0 bridgehead atoms. The second-order valence-corrected chi connectivity index (χ2v) is 8.92. The molecule has 3 aromatic carbocycles. The molecule has 1 aliphatic rings. The Balaban J connectivity index is 1.39. The van der Waals surface area contributed by atoms with Crippen LogP contribution in [-0.4, -0.2) is 44.5 Å². The Bertz CT molecular complexity index is 1800. The zero-order chi connectivity index (χ0) is 28.7. The molecule has 200 valence electrons. The van der Waals surface area contributed by atoms with Gasteiger partial charge in [0.05, 0.1) is 33.0 Å². The minimum Gasteiger partial charge on any atom is -0.454 e. The van der Waals surface area contributed by atoms with E-state index >= 15 is 0 Å². The van der Waals surface area contributed by atoms with Gasteiger partial charge in [0.2, 0.25) is 5.78 Å². The van der Waals surface area contributed by atoms with Crippen molar-refractivity contribution in [2.75, 3.05) is 11.5 Å². The Hall–Kier alpha value is -5.65. The third-order valence-electron chi connectivity index (χ3n) is 6.58. The predicted octanol–water partition coefficient (Wildman–Crippen LogP) is 3.23. The molecule has 0 spiro atoms. The number of non-ortho nitro benzene ring substituents is 1. The molecule has 0 unspecified atom stereocenters. The maximum absolute atomic E-state index is 13.4. The molecule has 1 aromatic heterocycles. The number of amides is 2. The first-order valence-electron chi connectivity index (χ1n) is 11.9. The summed E-state index contributed by atoms with van der Waals surface area (Å²) in [5, 5.41) is 10.9. The average Bonchev–Trinajstić information content (AvgIpc) is 3.33. The van der Waals surface area contributed by atoms with Gasteiger partial charge in [0.25, 0.3) is 23.1 Å². The summed E-state index contributed by atoms with van der Waals surface area (Å²) >= 11 is 0. The van der Waals surface area contributed by atoms with Crippen LogP contribution in [0.3, 0.4) is 0 Å². The number of esters is 1. The molecular formula is C28H20N4O8. The van der Waals surface area contributed by atoms with E-state index in [4.69, 9.17) is 4.74 Å². The minimum atomic E-state index is -0.942. The Labute approximate surface area is 225 Å². The van der Waals surface area contributed by atoms with Crippen molar-refractivity contribution >= 4 is 34.9 Å². The van der Waals surface area contributed by atoms with E-state index < -0.39 is 40.7 Å². The first kappa shape index (κ1) is 26.0. The Morgan fingerprint density at radius 3 is 2.27 bits per heavy atom. The number of benzene rings is 3. The summed E-state index contributed by atoms with van der Waals surface area (Å²) < 4.78 is 7.94. The molecule has 12 heteroatoms. The molecule has 0 N–H and O–H groups in total. The number of carbonyl (C=O) groups is 4. The first-order chi connectivity index (χ1) is 19.1. The van der Waals surface area contributed by atoms with Gasteiger partial charge >= 0.3 is 5.97 Å². The van der Waals surface area contributed by atoms with Gasteiger partial charge in [-0.05, 0) is 37.3 Å². The highest BCUT2D eigenvalue weighted by Crippen LogP contribution is 2.30. The number of anilines is 1. The monoisotopic (exact) mass is 540 g/mol. The summed E-state index contributed by atoms with van der Waals surface area (Å²) in [4.78, 5) is 76.1. The summed E-state index contributed by atoms with van der Waals surface area (Å²) in [5.41, 5.74) is -0.237. The number of hydrogen-bond donors (Lipinski definition) is 0. The molecule has 0 atom stereocenters. The van der Waals surface area contributed by atoms with Gasteiger partial charge < -0.3 is 4.74 Å². The SMILES string of the molecule is Cc1c(N2C(=O)c3ccc(C(=O)OCC(=O)c4cccc([N+](=O)[O-])c4)cc3C2=O)c(=O)n(-c2ccccc2)n1C. The number of ketones is 1. The lowest BCUT2D eigenvalue weighted by Crippen LogP contribution is -2.34. The highest BCUT2D eigenvalue weighted by Gasteiger charge is 2.41. The van der Waals surface area contributed by atoms with Crippen molar-refractivity contribution in [2.45, 2.75) is 6.92 Å². The van der Waals surface area contributed by atoms with Gasteiger partial charge in [-0.3, -0.25) is 34.0 Å². The van der Waals surface area contributed by atoms with Crippen LogP contribution >= 0.6 is 0 Å². The van der Waals surface area contributed by atoms with Crippen molar-refractivity contribution in [1.29, 1.82) is 0 Å². The topological polar surface area (TPSA) is 151 Å². The summed E-state index contributed by atoms with van der Waals surface area (Å²) in [5.74, 6) is -3.10. The van der Waals surface area contributed by atoms with E-state index in [0.29, 0.717) is 11.4 Å². The second kappa shape index (κ2) is 9.91. The van der Waals surface area contributed by atoms with E-state index in [2.05, 4.69) is 0 Å². The van der Waals surface area contributed by atoms with E-state index in [-0.39, 0.29) is 33.6 Å². The highest BCUT2D eigenvalue weighted by atomic mass is 16.6. The van der Waals surface area contributed by atoms with Crippen molar-refractivity contribution in [3.05, 3.63) is 121 Å². The van der Waals surface area contributed by atoms with Gasteiger partial charge in [-0.1, -0.05) is 30.3 Å². The number of nitro groups is 1. The first-order valence-corrected chi connectivity index (χ1v) is 11.9. The van der Waals surface area contributed by atoms with Crippen molar-refractivity contribution in [3.8, 4) is 5.69 Å². The van der Waals surface area contributed by atoms with Gasteiger partial charge in [0.15, 0.2) is 6.61 Å². The third-order valence-corrected chi connectivity index (χ3v) is 6.58. The summed E-state index contributed by atoms with van der Waals surface area (Å²) in [6.07, 6.45) is 0. The number of imide groups is 1. The fraction of sp³-hybridized carbons (Fsp3) is 0.107. The standard InChI is InChI=1S/C28H20N4O8/c1-16-24(27(36)31(29(16)2)19-8-4-3-5-9-19)30-25(34)21-12-11-18(14-22(21)26(30)35)28(37)40-15-23(33)17-7-6-10-20(13-17)32(38)39/h3-14H,15H2,1-2H3. The largest absolute Gasteiger partial charge is 0.454 e. The summed E-state index contributed by atoms with van der Waals surface area (Å²) in [6.45, 7) is 0.916. The number of para-hydroxylation sites is 1. The minimum absolute atomic E-state index is 0.00290. The molecule has 0 aliphatic carbocycles. The maximum Gasteiger partial charge on any atom is 0.338 e. The van der Waals surface area contributed by atoms with Crippen LogP contribution in [0.5, 0.6) is 0 Å². The van der Waals surface area contributed by atoms with Crippen molar-refractivity contribution in [1.82, 2.24) is 9.36 Å². The highest BCUT2D eigenvalue weighted by molar-refractivity contribution is 6.34. The molecule has 1 aliphatic heterocycles. The molecule has 0 fully saturated rings. The normalized spacial score (nSPS) is 12.4. The van der Waals surface area contributed by atoms with Crippen LogP contribution in [0, 0.1) is 17.0 Å². The van der Waals surface area contributed by atoms with Crippen molar-refractivity contribution < 1.29 is 28.8 Å². The summed E-state index contributed by atoms with van der Waals surface area (Å²) in [7, 11) is 1.63. The van der Waals surface area contributed by atoms with Crippen LogP contribution < -0.4 is 10.5 Å². The molecule has 0 saturated heterocycles. The van der Waals surface area contributed by atoms with Crippen LogP contribution in [-0.2, 0) is 11.8 Å². The zero-order valence-corrected chi connectivity index (χ0v) is 21.2. The molecule has 12 nitrogen and oxygen atoms in total. The lowest BCUT2D eigenvalue weighted by atomic mass is 10.1. The van der Waals surface area contributed by atoms with Gasteiger partial charge in [-0.15, -0.1) is 0 Å². The van der Waals surface area contributed by atoms with Crippen LogP contribution in [0.4, 0.5) is 11.4 Å². The Morgan fingerprint density at radius 1 is 0.875 bits per heavy atom. The Morgan fingerprint density at radius 2 is 1.57 bits per heavy atom. The van der Waals surface area contributed by atoms with Crippen molar-refractivity contribution in [3.63, 3.8) is 0 Å². The second-order valence-electron chi connectivity index (χ2n) is 8.92. The number of nitro benzene ring substituents is 1. The van der Waals surface area contributed by atoms with Crippen LogP contribution in [0.15, 0.2) is 77.6 Å². The number of Topliss-reactive ketones (excluding diaryl/α,β-unsaturated/α-hetero) is 1. The number of hydrogen-bond acceptors (Lipinski definition) is 8. The smallest absolute Gasteiger partial charge is 0.338 e. The molecule has 2 amide bonds. The fourth-order valence-electron chi connectivity index (χ4n) is 4.47. The van der Waals surface area contributed by atoms with Crippen LogP contribution in [0.25, 0.3) is 5.69 Å². The molecule has 0 radical (unpaired) electrons. The molecule has 5 rings (SSSR count). The van der Waals surface area contributed by atoms with Gasteiger partial charge in [0.1, 0.15) is 5.69 Å².